The number of rotatable bonds is 6. The number of ether oxygens (including phenoxy) is 1. The van der Waals surface area contributed by atoms with Gasteiger partial charge in [0.25, 0.3) is 5.91 Å². The molecule has 0 saturated heterocycles. The summed E-state index contributed by atoms with van der Waals surface area (Å²) in [4.78, 5) is 15.6. The number of hydrogen-bond donors (Lipinski definition) is 3. The Morgan fingerprint density at radius 2 is 1.80 bits per heavy atom. The maximum Gasteiger partial charge on any atom is 0.268 e. The Balaban J connectivity index is 2.18. The molecule has 0 atom stereocenters. The summed E-state index contributed by atoms with van der Waals surface area (Å²) in [6, 6.07) is 17.5. The van der Waals surface area contributed by atoms with Crippen LogP contribution in [0.3, 0.4) is 0 Å². The number of para-hydroxylation sites is 1. The number of methoxy groups -OCH3 is 1. The standard InChI is InChI=1S/C20H20N2O3/c1-25-17-10-6-5-9-15(17)18-16(14-7-3-2-4-8-14)13-22-19(18)20(24)21-11-12-23/h2-10,13,22-23H,11-12H2,1H3,(H,21,24). The van der Waals surface area contributed by atoms with Crippen molar-refractivity contribution in [1.29, 1.82) is 0 Å². The molecule has 0 aliphatic rings. The molecule has 1 amide bonds. The van der Waals surface area contributed by atoms with Gasteiger partial charge in [-0.1, -0.05) is 48.5 Å². The summed E-state index contributed by atoms with van der Waals surface area (Å²) in [5.41, 5.74) is 3.97. The number of nitrogens with one attached hydrogen (secondary N) is 2. The minimum atomic E-state index is -0.267. The molecule has 5 nitrogen and oxygen atoms in total. The summed E-state index contributed by atoms with van der Waals surface area (Å²) < 4.78 is 5.49. The van der Waals surface area contributed by atoms with Gasteiger partial charge in [-0.25, -0.2) is 0 Å². The van der Waals surface area contributed by atoms with E-state index in [0.717, 1.165) is 22.3 Å². The highest BCUT2D eigenvalue weighted by molar-refractivity contribution is 6.04. The lowest BCUT2D eigenvalue weighted by Gasteiger charge is -2.12. The first-order chi connectivity index (χ1) is 12.3. The Labute approximate surface area is 146 Å². The summed E-state index contributed by atoms with van der Waals surface area (Å²) >= 11 is 0. The van der Waals surface area contributed by atoms with Crippen LogP contribution in [0.25, 0.3) is 22.3 Å². The van der Waals surface area contributed by atoms with E-state index < -0.39 is 0 Å². The molecule has 0 aliphatic heterocycles. The molecule has 5 heteroatoms. The maximum absolute atomic E-state index is 12.5. The van der Waals surface area contributed by atoms with Gasteiger partial charge in [0.05, 0.1) is 13.7 Å². The molecule has 0 unspecified atom stereocenters. The van der Waals surface area contributed by atoms with Gasteiger partial charge in [0.2, 0.25) is 0 Å². The average molecular weight is 336 g/mol. The van der Waals surface area contributed by atoms with Gasteiger partial charge in [-0.2, -0.15) is 0 Å². The number of hydrogen-bond acceptors (Lipinski definition) is 3. The second-order valence-corrected chi connectivity index (χ2v) is 5.50. The van der Waals surface area contributed by atoms with Crippen LogP contribution in [-0.4, -0.2) is 36.3 Å². The van der Waals surface area contributed by atoms with Crippen LogP contribution < -0.4 is 10.1 Å². The Hall–Kier alpha value is -3.05. The third-order valence-electron chi connectivity index (χ3n) is 3.97. The summed E-state index contributed by atoms with van der Waals surface area (Å²) in [5.74, 6) is 0.424. The summed E-state index contributed by atoms with van der Waals surface area (Å²) in [6.07, 6.45) is 1.82. The third-order valence-corrected chi connectivity index (χ3v) is 3.97. The SMILES string of the molecule is COc1ccccc1-c1c(-c2ccccc2)c[nH]c1C(=O)NCCO. The van der Waals surface area contributed by atoms with Crippen molar-refractivity contribution in [3.63, 3.8) is 0 Å². The highest BCUT2D eigenvalue weighted by atomic mass is 16.5. The highest BCUT2D eigenvalue weighted by Gasteiger charge is 2.22. The minimum Gasteiger partial charge on any atom is -0.496 e. The molecule has 0 aliphatic carbocycles. The first-order valence-electron chi connectivity index (χ1n) is 8.05. The van der Waals surface area contributed by atoms with Crippen LogP contribution in [0.4, 0.5) is 0 Å². The van der Waals surface area contributed by atoms with Crippen LogP contribution >= 0.6 is 0 Å². The van der Waals surface area contributed by atoms with Gasteiger partial charge < -0.3 is 20.1 Å². The number of aliphatic hydroxyl groups excluding tert-OH is 1. The van der Waals surface area contributed by atoms with Crippen molar-refractivity contribution in [2.24, 2.45) is 0 Å². The van der Waals surface area contributed by atoms with E-state index in [9.17, 15) is 4.79 Å². The van der Waals surface area contributed by atoms with Crippen LogP contribution in [0.5, 0.6) is 5.75 Å². The van der Waals surface area contributed by atoms with E-state index in [-0.39, 0.29) is 19.1 Å². The van der Waals surface area contributed by atoms with Crippen molar-refractivity contribution in [1.82, 2.24) is 10.3 Å². The number of aromatic nitrogens is 1. The smallest absolute Gasteiger partial charge is 0.268 e. The van der Waals surface area contributed by atoms with Crippen molar-refractivity contribution in [2.45, 2.75) is 0 Å². The van der Waals surface area contributed by atoms with E-state index in [1.807, 2.05) is 60.8 Å². The van der Waals surface area contributed by atoms with Crippen molar-refractivity contribution in [3.05, 3.63) is 66.5 Å². The molecule has 0 radical (unpaired) electrons. The largest absolute Gasteiger partial charge is 0.496 e. The summed E-state index contributed by atoms with van der Waals surface area (Å²) in [7, 11) is 1.61. The number of carbonyl (C=O) groups excluding carboxylic acids is 1. The predicted octanol–water partition coefficient (Wildman–Crippen LogP) is 3.08. The Bertz CT molecular complexity index is 856. The second-order valence-electron chi connectivity index (χ2n) is 5.50. The lowest BCUT2D eigenvalue weighted by Crippen LogP contribution is -2.27. The molecule has 25 heavy (non-hydrogen) atoms. The van der Waals surface area contributed by atoms with E-state index >= 15 is 0 Å². The first-order valence-corrected chi connectivity index (χ1v) is 8.05. The van der Waals surface area contributed by atoms with Crippen LogP contribution in [0.15, 0.2) is 60.8 Å². The third kappa shape index (κ3) is 3.41. The van der Waals surface area contributed by atoms with Gasteiger partial charge >= 0.3 is 0 Å². The molecule has 128 valence electrons. The molecule has 2 aromatic carbocycles. The molecule has 3 N–H and O–H groups in total. The van der Waals surface area contributed by atoms with Crippen LogP contribution in [0, 0.1) is 0 Å². The van der Waals surface area contributed by atoms with E-state index in [0.29, 0.717) is 11.4 Å². The van der Waals surface area contributed by atoms with E-state index in [2.05, 4.69) is 10.3 Å². The van der Waals surface area contributed by atoms with E-state index in [1.54, 1.807) is 7.11 Å². The molecule has 0 bridgehead atoms. The van der Waals surface area contributed by atoms with E-state index in [1.165, 1.54) is 0 Å². The summed E-state index contributed by atoms with van der Waals surface area (Å²) in [5, 5.41) is 11.7. The molecule has 0 saturated carbocycles. The van der Waals surface area contributed by atoms with E-state index in [4.69, 9.17) is 9.84 Å². The molecule has 0 fully saturated rings. The van der Waals surface area contributed by atoms with Gasteiger partial charge in [0, 0.05) is 29.4 Å². The van der Waals surface area contributed by atoms with Gasteiger partial charge in [0.1, 0.15) is 11.4 Å². The van der Waals surface area contributed by atoms with Gasteiger partial charge in [-0.3, -0.25) is 4.79 Å². The van der Waals surface area contributed by atoms with Crippen molar-refractivity contribution < 1.29 is 14.6 Å². The van der Waals surface area contributed by atoms with Crippen molar-refractivity contribution in [3.8, 4) is 28.0 Å². The normalized spacial score (nSPS) is 10.5. The quantitative estimate of drug-likeness (QED) is 0.647. The fraction of sp³-hybridized carbons (Fsp3) is 0.150. The van der Waals surface area contributed by atoms with Gasteiger partial charge in [-0.15, -0.1) is 0 Å². The zero-order valence-electron chi connectivity index (χ0n) is 14.0. The summed E-state index contributed by atoms with van der Waals surface area (Å²) in [6.45, 7) is 0.0892. The predicted molar refractivity (Wildman–Crippen MR) is 97.6 cm³/mol. The maximum atomic E-state index is 12.5. The average Bonchev–Trinajstić information content (AvgIpc) is 3.11. The van der Waals surface area contributed by atoms with Crippen molar-refractivity contribution >= 4 is 5.91 Å². The molecule has 3 rings (SSSR count). The number of amides is 1. The molecular weight excluding hydrogens is 316 g/mol. The fourth-order valence-electron chi connectivity index (χ4n) is 2.84. The zero-order valence-corrected chi connectivity index (χ0v) is 14.0. The number of aliphatic hydroxyl groups is 1. The number of H-pyrrole nitrogens is 1. The van der Waals surface area contributed by atoms with Crippen LogP contribution in [-0.2, 0) is 0 Å². The van der Waals surface area contributed by atoms with Crippen LogP contribution in [0.2, 0.25) is 0 Å². The topological polar surface area (TPSA) is 74.4 Å². The first kappa shape index (κ1) is 16.8. The lowest BCUT2D eigenvalue weighted by molar-refractivity contribution is 0.0941. The van der Waals surface area contributed by atoms with Crippen molar-refractivity contribution in [2.75, 3.05) is 20.3 Å². The Kier molecular flexibility index (Phi) is 5.16. The molecule has 1 heterocycles. The van der Waals surface area contributed by atoms with Gasteiger partial charge in [0.15, 0.2) is 0 Å². The molecule has 0 spiro atoms. The van der Waals surface area contributed by atoms with Gasteiger partial charge in [-0.05, 0) is 11.6 Å². The Morgan fingerprint density at radius 3 is 2.52 bits per heavy atom. The molecule has 1 aromatic heterocycles. The molecular formula is C20H20N2O3. The molecule has 3 aromatic rings. The second kappa shape index (κ2) is 7.68. The Morgan fingerprint density at radius 1 is 1.08 bits per heavy atom. The minimum absolute atomic E-state index is 0.109. The highest BCUT2D eigenvalue weighted by Crippen LogP contribution is 2.39. The number of benzene rings is 2. The number of carbonyl (C=O) groups is 1. The monoisotopic (exact) mass is 336 g/mol. The lowest BCUT2D eigenvalue weighted by atomic mass is 9.96. The number of aromatic amines is 1. The fourth-order valence-corrected chi connectivity index (χ4v) is 2.84. The van der Waals surface area contributed by atoms with Crippen LogP contribution in [0.1, 0.15) is 10.5 Å². The zero-order chi connectivity index (χ0) is 17.6.